The summed E-state index contributed by atoms with van der Waals surface area (Å²) in [4.78, 5) is 35.9. The molecule has 1 aromatic heterocycles. The summed E-state index contributed by atoms with van der Waals surface area (Å²) in [5, 5.41) is 9.34. The number of carbonyl (C=O) groups excluding carboxylic acids is 3. The van der Waals surface area contributed by atoms with Crippen LogP contribution >= 0.6 is 0 Å². The van der Waals surface area contributed by atoms with Crippen LogP contribution in [-0.4, -0.2) is 41.2 Å². The van der Waals surface area contributed by atoms with Crippen molar-refractivity contribution in [3.05, 3.63) is 77.6 Å². The minimum Gasteiger partial charge on any atom is -0.452 e. The topological polar surface area (TPSA) is 102 Å². The maximum absolute atomic E-state index is 12.3. The van der Waals surface area contributed by atoms with Gasteiger partial charge in [0.05, 0.1) is 17.6 Å². The van der Waals surface area contributed by atoms with E-state index in [1.165, 1.54) is 13.2 Å². The van der Waals surface area contributed by atoms with E-state index < -0.39 is 18.5 Å². The number of amides is 2. The maximum Gasteiger partial charge on any atom is 0.342 e. The maximum atomic E-state index is 12.3. The van der Waals surface area contributed by atoms with E-state index in [1.54, 1.807) is 35.9 Å². The van der Waals surface area contributed by atoms with E-state index in [1.807, 2.05) is 30.3 Å². The lowest BCUT2D eigenvalue weighted by Crippen LogP contribution is -2.21. The molecule has 0 fully saturated rings. The molecular weight excluding hydrogens is 372 g/mol. The van der Waals surface area contributed by atoms with Crippen molar-refractivity contribution in [1.29, 1.82) is 0 Å². The molecule has 148 valence electrons. The van der Waals surface area contributed by atoms with E-state index in [2.05, 4.69) is 15.7 Å². The van der Waals surface area contributed by atoms with Crippen LogP contribution in [0.5, 0.6) is 0 Å². The van der Waals surface area contributed by atoms with Gasteiger partial charge in [-0.15, -0.1) is 0 Å². The third kappa shape index (κ3) is 4.67. The highest BCUT2D eigenvalue weighted by atomic mass is 16.5. The van der Waals surface area contributed by atoms with Gasteiger partial charge in [0.25, 0.3) is 11.8 Å². The van der Waals surface area contributed by atoms with Crippen LogP contribution in [0.15, 0.2) is 60.8 Å². The van der Waals surface area contributed by atoms with Crippen LogP contribution in [0.1, 0.15) is 26.4 Å². The molecule has 0 bridgehead atoms. The van der Waals surface area contributed by atoms with Gasteiger partial charge in [0.1, 0.15) is 5.56 Å². The standard InChI is InChI=1S/C21H20N4O4/c1-14-18(12-23-25(14)17-6-4-3-5-7-17)21(28)29-13-19(26)24-16-10-8-15(9-11-16)20(27)22-2/h3-12H,13H2,1-2H3,(H,22,27)(H,24,26). The fourth-order valence-corrected chi connectivity index (χ4v) is 2.69. The molecule has 0 aliphatic rings. The highest BCUT2D eigenvalue weighted by Gasteiger charge is 2.17. The fourth-order valence-electron chi connectivity index (χ4n) is 2.69. The van der Waals surface area contributed by atoms with E-state index in [0.29, 0.717) is 16.9 Å². The number of aromatic nitrogens is 2. The molecule has 8 nitrogen and oxygen atoms in total. The lowest BCUT2D eigenvalue weighted by atomic mass is 10.2. The van der Waals surface area contributed by atoms with Crippen molar-refractivity contribution in [2.75, 3.05) is 19.0 Å². The van der Waals surface area contributed by atoms with Gasteiger partial charge in [0, 0.05) is 18.3 Å². The molecule has 2 N–H and O–H groups in total. The third-order valence-electron chi connectivity index (χ3n) is 4.22. The first-order valence-electron chi connectivity index (χ1n) is 8.88. The van der Waals surface area contributed by atoms with Crippen molar-refractivity contribution in [3.8, 4) is 5.69 Å². The Morgan fingerprint density at radius 2 is 1.72 bits per heavy atom. The van der Waals surface area contributed by atoms with Crippen molar-refractivity contribution in [3.63, 3.8) is 0 Å². The Hall–Kier alpha value is -3.94. The Kier molecular flexibility index (Phi) is 6.03. The van der Waals surface area contributed by atoms with Crippen LogP contribution < -0.4 is 10.6 Å². The molecule has 3 rings (SSSR count). The molecule has 8 heteroatoms. The van der Waals surface area contributed by atoms with E-state index in [-0.39, 0.29) is 11.5 Å². The highest BCUT2D eigenvalue weighted by Crippen LogP contribution is 2.15. The van der Waals surface area contributed by atoms with Gasteiger partial charge >= 0.3 is 5.97 Å². The second kappa shape index (κ2) is 8.83. The largest absolute Gasteiger partial charge is 0.452 e. The summed E-state index contributed by atoms with van der Waals surface area (Å²) >= 11 is 0. The Balaban J connectivity index is 1.57. The number of nitrogens with zero attached hydrogens (tertiary/aromatic N) is 2. The Morgan fingerprint density at radius 3 is 2.38 bits per heavy atom. The molecule has 0 atom stereocenters. The van der Waals surface area contributed by atoms with Crippen LogP contribution in [0.25, 0.3) is 5.69 Å². The van der Waals surface area contributed by atoms with Gasteiger partial charge in [-0.25, -0.2) is 9.48 Å². The Labute approximate surface area is 167 Å². The molecule has 0 unspecified atom stereocenters. The molecule has 0 saturated heterocycles. The molecule has 0 aliphatic carbocycles. The first-order chi connectivity index (χ1) is 14.0. The van der Waals surface area contributed by atoms with Crippen molar-refractivity contribution in [2.45, 2.75) is 6.92 Å². The van der Waals surface area contributed by atoms with Crippen molar-refractivity contribution in [2.24, 2.45) is 0 Å². The third-order valence-corrected chi connectivity index (χ3v) is 4.22. The summed E-state index contributed by atoms with van der Waals surface area (Å²) in [6, 6.07) is 15.7. The predicted molar refractivity (Wildman–Crippen MR) is 107 cm³/mol. The van der Waals surface area contributed by atoms with Crippen LogP contribution in [0.4, 0.5) is 5.69 Å². The number of anilines is 1. The monoisotopic (exact) mass is 392 g/mol. The number of hydrogen-bond donors (Lipinski definition) is 2. The van der Waals surface area contributed by atoms with Gasteiger partial charge in [0.15, 0.2) is 6.61 Å². The Bertz CT molecular complexity index is 1030. The van der Waals surface area contributed by atoms with Gasteiger partial charge in [-0.2, -0.15) is 5.10 Å². The average Bonchev–Trinajstić information content (AvgIpc) is 3.14. The molecule has 0 radical (unpaired) electrons. The predicted octanol–water partition coefficient (Wildman–Crippen LogP) is 2.34. The minimum absolute atomic E-state index is 0.219. The average molecular weight is 392 g/mol. The second-order valence-corrected chi connectivity index (χ2v) is 6.17. The molecule has 3 aromatic rings. The van der Waals surface area contributed by atoms with Crippen molar-refractivity contribution in [1.82, 2.24) is 15.1 Å². The van der Waals surface area contributed by atoms with Crippen molar-refractivity contribution < 1.29 is 19.1 Å². The second-order valence-electron chi connectivity index (χ2n) is 6.17. The van der Waals surface area contributed by atoms with Gasteiger partial charge in [-0.3, -0.25) is 9.59 Å². The molecule has 0 saturated carbocycles. The van der Waals surface area contributed by atoms with Crippen LogP contribution in [0, 0.1) is 6.92 Å². The number of carbonyl (C=O) groups is 3. The summed E-state index contributed by atoms with van der Waals surface area (Å²) in [6.45, 7) is 1.32. The van der Waals surface area contributed by atoms with Crippen LogP contribution in [-0.2, 0) is 9.53 Å². The smallest absolute Gasteiger partial charge is 0.342 e. The van der Waals surface area contributed by atoms with Crippen LogP contribution in [0.2, 0.25) is 0 Å². The number of para-hydroxylation sites is 1. The van der Waals surface area contributed by atoms with Gasteiger partial charge in [-0.1, -0.05) is 18.2 Å². The molecule has 0 aliphatic heterocycles. The van der Waals surface area contributed by atoms with E-state index >= 15 is 0 Å². The number of hydrogen-bond acceptors (Lipinski definition) is 5. The SMILES string of the molecule is CNC(=O)c1ccc(NC(=O)COC(=O)c2cnn(-c3ccccc3)c2C)cc1. The number of ether oxygens (including phenoxy) is 1. The summed E-state index contributed by atoms with van der Waals surface area (Å²) in [7, 11) is 1.54. The lowest BCUT2D eigenvalue weighted by Gasteiger charge is -2.08. The normalized spacial score (nSPS) is 10.3. The lowest BCUT2D eigenvalue weighted by molar-refractivity contribution is -0.119. The zero-order chi connectivity index (χ0) is 20.8. The summed E-state index contributed by atoms with van der Waals surface area (Å²) in [5.41, 5.74) is 2.69. The number of benzene rings is 2. The zero-order valence-electron chi connectivity index (χ0n) is 16.0. The van der Waals surface area contributed by atoms with Gasteiger partial charge in [0.2, 0.25) is 0 Å². The first kappa shape index (κ1) is 19.8. The molecular formula is C21H20N4O4. The summed E-state index contributed by atoms with van der Waals surface area (Å²) in [5.74, 6) is -1.34. The number of rotatable bonds is 6. The molecule has 0 spiro atoms. The highest BCUT2D eigenvalue weighted by molar-refractivity contribution is 5.97. The fraction of sp³-hybridized carbons (Fsp3) is 0.143. The number of nitrogens with one attached hydrogen (secondary N) is 2. The van der Waals surface area contributed by atoms with Gasteiger partial charge < -0.3 is 15.4 Å². The van der Waals surface area contributed by atoms with E-state index in [0.717, 1.165) is 5.69 Å². The quantitative estimate of drug-likeness (QED) is 0.627. The molecule has 1 heterocycles. The van der Waals surface area contributed by atoms with Crippen molar-refractivity contribution >= 4 is 23.5 Å². The van der Waals surface area contributed by atoms with E-state index in [4.69, 9.17) is 4.74 Å². The van der Waals surface area contributed by atoms with Crippen LogP contribution in [0.3, 0.4) is 0 Å². The first-order valence-corrected chi connectivity index (χ1v) is 8.88. The van der Waals surface area contributed by atoms with Gasteiger partial charge in [-0.05, 0) is 43.3 Å². The van der Waals surface area contributed by atoms with E-state index in [9.17, 15) is 14.4 Å². The minimum atomic E-state index is -0.630. The molecule has 2 aromatic carbocycles. The zero-order valence-corrected chi connectivity index (χ0v) is 16.0. The molecule has 2 amide bonds. The molecule has 29 heavy (non-hydrogen) atoms. The number of esters is 1. The summed E-state index contributed by atoms with van der Waals surface area (Å²) in [6.07, 6.45) is 1.42. The Morgan fingerprint density at radius 1 is 1.03 bits per heavy atom. The summed E-state index contributed by atoms with van der Waals surface area (Å²) < 4.78 is 6.73.